The fraction of sp³-hybridized carbons (Fsp3) is 0.219. The third-order valence-corrected chi connectivity index (χ3v) is 8.64. The number of hydrogen-bond donors (Lipinski definition) is 4. The highest BCUT2D eigenvalue weighted by Crippen LogP contribution is 2.40. The van der Waals surface area contributed by atoms with Crippen molar-refractivity contribution in [3.63, 3.8) is 0 Å². The Morgan fingerprint density at radius 2 is 1.91 bits per heavy atom. The summed E-state index contributed by atoms with van der Waals surface area (Å²) in [5.41, 5.74) is 10.0. The van der Waals surface area contributed by atoms with Crippen LogP contribution in [-0.4, -0.2) is 23.9 Å². The van der Waals surface area contributed by atoms with Crippen LogP contribution in [0.15, 0.2) is 89.3 Å². The summed E-state index contributed by atoms with van der Waals surface area (Å²) < 4.78 is 0.723. The number of hydrogen-bond acceptors (Lipinski definition) is 8. The number of rotatable bonds is 10. The van der Waals surface area contributed by atoms with E-state index in [0.29, 0.717) is 57.6 Å². The third kappa shape index (κ3) is 5.87. The molecule has 1 aliphatic heterocycles. The van der Waals surface area contributed by atoms with Gasteiger partial charge < -0.3 is 16.1 Å². The largest absolute Gasteiger partial charge is 0.378 e. The van der Waals surface area contributed by atoms with Crippen molar-refractivity contribution in [3.8, 4) is 12.1 Å². The summed E-state index contributed by atoms with van der Waals surface area (Å²) in [7, 11) is 7.22. The number of nitriles is 2. The summed E-state index contributed by atoms with van der Waals surface area (Å²) in [6, 6.07) is 26.0. The van der Waals surface area contributed by atoms with Crippen LogP contribution in [0.3, 0.4) is 0 Å². The smallest absolute Gasteiger partial charge is 0.119 e. The van der Waals surface area contributed by atoms with Crippen LogP contribution >= 0.6 is 27.5 Å². The van der Waals surface area contributed by atoms with Crippen LogP contribution in [-0.2, 0) is 5.44 Å². The van der Waals surface area contributed by atoms with Gasteiger partial charge in [-0.15, -0.1) is 5.53 Å². The maximum Gasteiger partial charge on any atom is 0.119 e. The van der Waals surface area contributed by atoms with E-state index in [2.05, 4.69) is 54.6 Å². The van der Waals surface area contributed by atoms with Crippen molar-refractivity contribution < 1.29 is 0 Å². The number of aromatic nitrogens is 1. The lowest BCUT2D eigenvalue weighted by molar-refractivity contribution is 0.260. The van der Waals surface area contributed by atoms with Crippen LogP contribution in [0.1, 0.15) is 48.4 Å². The van der Waals surface area contributed by atoms with Gasteiger partial charge in [0.1, 0.15) is 13.9 Å². The molecule has 2 heterocycles. The molecular weight excluding hydrogens is 623 g/mol. The fourth-order valence-electron chi connectivity index (χ4n) is 5.33. The average molecular weight is 650 g/mol. The van der Waals surface area contributed by atoms with Gasteiger partial charge >= 0.3 is 0 Å². The highest BCUT2D eigenvalue weighted by atomic mass is 79.9. The van der Waals surface area contributed by atoms with Crippen LogP contribution in [0, 0.1) is 22.7 Å². The lowest BCUT2D eigenvalue weighted by Gasteiger charge is -2.35. The number of halogens is 2. The molecule has 6 rings (SSSR count). The van der Waals surface area contributed by atoms with Crippen molar-refractivity contribution in [1.82, 2.24) is 21.0 Å². The predicted molar refractivity (Wildman–Crippen MR) is 174 cm³/mol. The molecule has 1 fully saturated rings. The topological polar surface area (TPSA) is 112 Å². The van der Waals surface area contributed by atoms with Crippen LogP contribution in [0.25, 0.3) is 10.9 Å². The van der Waals surface area contributed by atoms with Crippen LogP contribution in [0.2, 0.25) is 5.02 Å². The van der Waals surface area contributed by atoms with Crippen molar-refractivity contribution >= 4 is 57.7 Å². The van der Waals surface area contributed by atoms with E-state index >= 15 is 0 Å². The molecule has 3 aromatic carbocycles. The number of nitrogens with one attached hydrogen (secondary N) is 4. The zero-order chi connectivity index (χ0) is 30.0. The Labute approximate surface area is 265 Å². The maximum absolute atomic E-state index is 10.1. The number of nitrogens with zero attached hydrogens (tertiary/aromatic N) is 4. The molecule has 2 atom stereocenters. The Bertz CT molecular complexity index is 1780. The molecule has 0 bridgehead atoms. The molecule has 2 aliphatic rings. The molecule has 4 aromatic rings. The van der Waals surface area contributed by atoms with Crippen LogP contribution in [0.5, 0.6) is 0 Å². The summed E-state index contributed by atoms with van der Waals surface area (Å²) in [6.07, 6.45) is 6.68. The first kappa shape index (κ1) is 28.9. The summed E-state index contributed by atoms with van der Waals surface area (Å²) in [6.45, 7) is 0. The minimum Gasteiger partial charge on any atom is -0.378 e. The van der Waals surface area contributed by atoms with Crippen molar-refractivity contribution in [2.75, 3.05) is 10.6 Å². The van der Waals surface area contributed by atoms with Crippen molar-refractivity contribution in [3.05, 3.63) is 111 Å². The van der Waals surface area contributed by atoms with Gasteiger partial charge in [-0.3, -0.25) is 9.99 Å². The van der Waals surface area contributed by atoms with Crippen molar-refractivity contribution in [1.29, 1.82) is 10.5 Å². The summed E-state index contributed by atoms with van der Waals surface area (Å²) in [4.78, 5) is 4.60. The Hall–Kier alpha value is -4.22. The molecule has 0 saturated heterocycles. The van der Waals surface area contributed by atoms with Gasteiger partial charge in [0.2, 0.25) is 0 Å². The number of pyridine rings is 1. The Morgan fingerprint density at radius 3 is 2.63 bits per heavy atom. The first-order valence-corrected chi connectivity index (χ1v) is 15.1. The van der Waals surface area contributed by atoms with E-state index in [0.717, 1.165) is 28.3 Å². The monoisotopic (exact) mass is 648 g/mol. The lowest BCUT2D eigenvalue weighted by Crippen LogP contribution is -2.45. The van der Waals surface area contributed by atoms with E-state index < -0.39 is 5.44 Å². The number of anilines is 2. The van der Waals surface area contributed by atoms with E-state index in [1.165, 1.54) is 0 Å². The van der Waals surface area contributed by atoms with Gasteiger partial charge in [-0.05, 0) is 64.5 Å². The van der Waals surface area contributed by atoms with E-state index in [9.17, 15) is 10.5 Å². The van der Waals surface area contributed by atoms with Crippen molar-refractivity contribution in [2.45, 2.75) is 43.2 Å². The number of hydrazine groups is 2. The first-order chi connectivity index (χ1) is 20.9. The molecule has 0 spiro atoms. The normalized spacial score (nSPS) is 16.4. The molecule has 8 nitrogen and oxygen atoms in total. The van der Waals surface area contributed by atoms with Crippen LogP contribution < -0.4 is 21.6 Å². The highest BCUT2D eigenvalue weighted by Gasteiger charge is 2.38. The predicted octanol–water partition coefficient (Wildman–Crippen LogP) is 6.74. The van der Waals surface area contributed by atoms with E-state index in [-0.39, 0.29) is 6.04 Å². The summed E-state index contributed by atoms with van der Waals surface area (Å²) >= 11 is 10.4. The van der Waals surface area contributed by atoms with Gasteiger partial charge in [0.25, 0.3) is 0 Å². The Morgan fingerprint density at radius 1 is 1.14 bits per heavy atom. The van der Waals surface area contributed by atoms with Gasteiger partial charge in [0, 0.05) is 45.4 Å². The second-order valence-electron chi connectivity index (χ2n) is 10.6. The first-order valence-electron chi connectivity index (χ1n) is 14.0. The number of benzene rings is 3. The second kappa shape index (κ2) is 12.2. The molecule has 1 aliphatic carbocycles. The molecule has 4 N–H and O–H groups in total. The average Bonchev–Trinajstić information content (AvgIpc) is 3.75. The standard InChI is InChI=1S/C32H27BBrClN8/c33-32(25-9-4-5-10-27(25)35,29-19-43(42-41-29)23-12-13-23)40-22-15-24-30(21(17-37)18-38-31(24)26(34)16-22)39-28(11-6-14-36)20-7-2-1-3-8-20/h1-5,7-10,15-16,18-19,23,28,40-42H,6,11-13H2,(H,38,39)/t28-,32?/m1/s1. The highest BCUT2D eigenvalue weighted by molar-refractivity contribution is 9.10. The quantitative estimate of drug-likeness (QED) is 0.140. The van der Waals surface area contributed by atoms with Gasteiger partial charge in [-0.25, -0.2) is 0 Å². The van der Waals surface area contributed by atoms with Crippen LogP contribution in [0.4, 0.5) is 11.4 Å². The molecule has 1 saturated carbocycles. The molecule has 1 aromatic heterocycles. The second-order valence-corrected chi connectivity index (χ2v) is 11.9. The number of fused-ring (bicyclic) bond motifs is 1. The molecule has 11 heteroatoms. The Balaban J connectivity index is 1.45. The maximum atomic E-state index is 10.1. The zero-order valence-electron chi connectivity index (χ0n) is 23.1. The molecule has 1 unspecified atom stereocenters. The van der Waals surface area contributed by atoms with Gasteiger partial charge in [-0.1, -0.05) is 60.1 Å². The third-order valence-electron chi connectivity index (χ3n) is 7.70. The molecule has 2 radical (unpaired) electrons. The van der Waals surface area contributed by atoms with Crippen molar-refractivity contribution in [2.24, 2.45) is 0 Å². The van der Waals surface area contributed by atoms with E-state index in [1.807, 2.05) is 77.9 Å². The van der Waals surface area contributed by atoms with Gasteiger partial charge in [0.05, 0.1) is 40.0 Å². The van der Waals surface area contributed by atoms with E-state index in [4.69, 9.17) is 19.4 Å². The Kier molecular flexibility index (Phi) is 8.18. The molecule has 0 amide bonds. The van der Waals surface area contributed by atoms with Gasteiger partial charge in [-0.2, -0.15) is 10.5 Å². The molecular formula is C32H27BBrClN8. The molecule has 212 valence electrons. The lowest BCUT2D eigenvalue weighted by atomic mass is 9.69. The SMILES string of the molecule is [B]C(Nc1cc(Br)c2ncc(C#N)c(N[C@H](CCC#N)c3ccccc3)c2c1)(C1=CN(C2CC2)NN1)c1ccccc1Cl. The zero-order valence-corrected chi connectivity index (χ0v) is 25.5. The fourth-order valence-corrected chi connectivity index (χ4v) is 6.18. The minimum atomic E-state index is -1.24. The summed E-state index contributed by atoms with van der Waals surface area (Å²) in [5.74, 6) is 0. The molecule has 43 heavy (non-hydrogen) atoms. The summed E-state index contributed by atoms with van der Waals surface area (Å²) in [5, 5.41) is 29.8. The van der Waals surface area contributed by atoms with E-state index in [1.54, 1.807) is 6.20 Å². The minimum absolute atomic E-state index is 0.196. The van der Waals surface area contributed by atoms with Gasteiger partial charge in [0.15, 0.2) is 0 Å².